The summed E-state index contributed by atoms with van der Waals surface area (Å²) in [5.41, 5.74) is 0.0741. The molecule has 0 aliphatic carbocycles. The van der Waals surface area contributed by atoms with Crippen LogP contribution >= 0.6 is 15.9 Å². The molecule has 4 heteroatoms. The van der Waals surface area contributed by atoms with E-state index in [2.05, 4.69) is 15.9 Å². The van der Waals surface area contributed by atoms with Gasteiger partial charge in [0.05, 0.1) is 11.1 Å². The standard InChI is InChI=1S/C7H6BrFO2/c8-7-4(3-10)5(9)1-2-6(7)11/h1-2,10-11H,3H2. The Bertz CT molecular complexity index is 275. The number of aromatic hydroxyl groups is 1. The summed E-state index contributed by atoms with van der Waals surface area (Å²) in [6.45, 7) is -0.430. The molecule has 0 radical (unpaired) electrons. The average molecular weight is 221 g/mol. The minimum absolute atomic E-state index is 0.0737. The van der Waals surface area contributed by atoms with Gasteiger partial charge in [0.1, 0.15) is 11.6 Å². The lowest BCUT2D eigenvalue weighted by molar-refractivity contribution is 0.274. The minimum Gasteiger partial charge on any atom is -0.507 e. The van der Waals surface area contributed by atoms with Crippen molar-refractivity contribution in [3.8, 4) is 5.75 Å². The third-order valence-corrected chi connectivity index (χ3v) is 2.21. The summed E-state index contributed by atoms with van der Waals surface area (Å²) in [6, 6.07) is 2.32. The molecule has 0 aromatic heterocycles. The molecule has 0 saturated carbocycles. The van der Waals surface area contributed by atoms with Crippen LogP contribution in [0.3, 0.4) is 0 Å². The van der Waals surface area contributed by atoms with E-state index in [1.807, 2.05) is 0 Å². The SMILES string of the molecule is OCc1c(F)ccc(O)c1Br. The first-order chi connectivity index (χ1) is 5.16. The van der Waals surface area contributed by atoms with Crippen molar-refractivity contribution in [3.05, 3.63) is 28.0 Å². The molecule has 0 heterocycles. The lowest BCUT2D eigenvalue weighted by Crippen LogP contribution is -1.90. The molecule has 1 aromatic carbocycles. The van der Waals surface area contributed by atoms with Gasteiger partial charge < -0.3 is 10.2 Å². The first-order valence-electron chi connectivity index (χ1n) is 2.93. The second-order valence-corrected chi connectivity index (χ2v) is 2.81. The van der Waals surface area contributed by atoms with Gasteiger partial charge in [-0.05, 0) is 28.1 Å². The van der Waals surface area contributed by atoms with Crippen LogP contribution < -0.4 is 0 Å². The zero-order chi connectivity index (χ0) is 8.43. The van der Waals surface area contributed by atoms with Gasteiger partial charge in [-0.3, -0.25) is 0 Å². The largest absolute Gasteiger partial charge is 0.507 e. The van der Waals surface area contributed by atoms with Crippen LogP contribution in [-0.2, 0) is 6.61 Å². The van der Waals surface area contributed by atoms with Crippen molar-refractivity contribution in [2.45, 2.75) is 6.61 Å². The Morgan fingerprint density at radius 1 is 1.45 bits per heavy atom. The molecule has 60 valence electrons. The van der Waals surface area contributed by atoms with Crippen molar-refractivity contribution in [1.82, 2.24) is 0 Å². The number of rotatable bonds is 1. The second-order valence-electron chi connectivity index (χ2n) is 2.02. The number of hydrogen-bond donors (Lipinski definition) is 2. The highest BCUT2D eigenvalue weighted by Crippen LogP contribution is 2.29. The van der Waals surface area contributed by atoms with Crippen LogP contribution in [0.15, 0.2) is 16.6 Å². The number of benzene rings is 1. The number of aliphatic hydroxyl groups is 1. The first kappa shape index (κ1) is 8.49. The average Bonchev–Trinajstić information content (AvgIpc) is 1.99. The van der Waals surface area contributed by atoms with Gasteiger partial charge in [0.25, 0.3) is 0 Å². The van der Waals surface area contributed by atoms with Gasteiger partial charge in [-0.25, -0.2) is 4.39 Å². The van der Waals surface area contributed by atoms with Gasteiger partial charge in [0, 0.05) is 5.56 Å². The normalized spacial score (nSPS) is 10.1. The van der Waals surface area contributed by atoms with Crippen LogP contribution in [0.4, 0.5) is 4.39 Å². The van der Waals surface area contributed by atoms with Crippen LogP contribution in [-0.4, -0.2) is 10.2 Å². The smallest absolute Gasteiger partial charge is 0.130 e. The molecule has 0 unspecified atom stereocenters. The van der Waals surface area contributed by atoms with E-state index in [1.165, 1.54) is 6.07 Å². The maximum absolute atomic E-state index is 12.7. The van der Waals surface area contributed by atoms with Crippen molar-refractivity contribution >= 4 is 15.9 Å². The second kappa shape index (κ2) is 3.19. The fraction of sp³-hybridized carbons (Fsp3) is 0.143. The monoisotopic (exact) mass is 220 g/mol. The molecule has 2 nitrogen and oxygen atoms in total. The van der Waals surface area contributed by atoms with Crippen LogP contribution in [0.2, 0.25) is 0 Å². The van der Waals surface area contributed by atoms with Crippen LogP contribution in [0.1, 0.15) is 5.56 Å². The van der Waals surface area contributed by atoms with E-state index in [4.69, 9.17) is 10.2 Å². The fourth-order valence-electron chi connectivity index (χ4n) is 0.730. The Morgan fingerprint density at radius 2 is 2.09 bits per heavy atom. The van der Waals surface area contributed by atoms with E-state index in [1.54, 1.807) is 0 Å². The number of phenols is 1. The van der Waals surface area contributed by atoms with Crippen molar-refractivity contribution < 1.29 is 14.6 Å². The summed E-state index contributed by atoms with van der Waals surface area (Å²) in [7, 11) is 0. The van der Waals surface area contributed by atoms with Crippen molar-refractivity contribution in [2.75, 3.05) is 0 Å². The van der Waals surface area contributed by atoms with Gasteiger partial charge in [-0.15, -0.1) is 0 Å². The van der Waals surface area contributed by atoms with Crippen LogP contribution in [0, 0.1) is 5.82 Å². The van der Waals surface area contributed by atoms with E-state index in [0.717, 1.165) is 6.07 Å². The van der Waals surface area contributed by atoms with E-state index >= 15 is 0 Å². The molecular formula is C7H6BrFO2. The quantitative estimate of drug-likeness (QED) is 0.758. The minimum atomic E-state index is -0.530. The van der Waals surface area contributed by atoms with Crippen molar-refractivity contribution in [1.29, 1.82) is 0 Å². The molecule has 1 rings (SSSR count). The molecule has 0 bridgehead atoms. The predicted octanol–water partition coefficient (Wildman–Crippen LogP) is 1.79. The highest BCUT2D eigenvalue weighted by molar-refractivity contribution is 9.10. The van der Waals surface area contributed by atoms with Crippen molar-refractivity contribution in [2.24, 2.45) is 0 Å². The zero-order valence-corrected chi connectivity index (χ0v) is 7.10. The summed E-state index contributed by atoms with van der Waals surface area (Å²) in [5, 5.41) is 17.7. The Kier molecular flexibility index (Phi) is 2.46. The van der Waals surface area contributed by atoms with E-state index in [0.29, 0.717) is 0 Å². The molecular weight excluding hydrogens is 215 g/mol. The molecule has 0 saturated heterocycles. The van der Waals surface area contributed by atoms with Crippen LogP contribution in [0.25, 0.3) is 0 Å². The Balaban J connectivity index is 3.29. The first-order valence-corrected chi connectivity index (χ1v) is 3.73. The molecule has 0 atom stereocenters. The molecule has 0 aliphatic heterocycles. The number of hydrogen-bond acceptors (Lipinski definition) is 2. The molecule has 0 amide bonds. The zero-order valence-electron chi connectivity index (χ0n) is 5.51. The maximum Gasteiger partial charge on any atom is 0.130 e. The van der Waals surface area contributed by atoms with Gasteiger partial charge in [0.15, 0.2) is 0 Å². The molecule has 1 aromatic rings. The third-order valence-electron chi connectivity index (χ3n) is 1.32. The summed E-state index contributed by atoms with van der Waals surface area (Å²) >= 11 is 2.94. The molecule has 0 fully saturated rings. The van der Waals surface area contributed by atoms with E-state index < -0.39 is 12.4 Å². The summed E-state index contributed by atoms with van der Waals surface area (Å²) in [4.78, 5) is 0. The number of halogens is 2. The highest BCUT2D eigenvalue weighted by atomic mass is 79.9. The summed E-state index contributed by atoms with van der Waals surface area (Å²) < 4.78 is 12.9. The van der Waals surface area contributed by atoms with Crippen LogP contribution in [0.5, 0.6) is 5.75 Å². The molecule has 0 spiro atoms. The number of phenolic OH excluding ortho intramolecular Hbond substituents is 1. The number of aliphatic hydroxyl groups excluding tert-OH is 1. The fourth-order valence-corrected chi connectivity index (χ4v) is 1.18. The maximum atomic E-state index is 12.7. The summed E-state index contributed by atoms with van der Waals surface area (Å²) in [6.07, 6.45) is 0. The molecule has 0 aliphatic rings. The van der Waals surface area contributed by atoms with Gasteiger partial charge >= 0.3 is 0 Å². The predicted molar refractivity (Wildman–Crippen MR) is 41.7 cm³/mol. The van der Waals surface area contributed by atoms with Gasteiger partial charge in [0.2, 0.25) is 0 Å². The Hall–Kier alpha value is -0.610. The van der Waals surface area contributed by atoms with Gasteiger partial charge in [-0.2, -0.15) is 0 Å². The summed E-state index contributed by atoms with van der Waals surface area (Å²) in [5.74, 6) is -0.604. The van der Waals surface area contributed by atoms with Gasteiger partial charge in [-0.1, -0.05) is 0 Å². The lowest BCUT2D eigenvalue weighted by Gasteiger charge is -2.03. The Morgan fingerprint density at radius 3 is 2.55 bits per heavy atom. The van der Waals surface area contributed by atoms with E-state index in [-0.39, 0.29) is 15.8 Å². The van der Waals surface area contributed by atoms with Crippen molar-refractivity contribution in [3.63, 3.8) is 0 Å². The third kappa shape index (κ3) is 1.52. The topological polar surface area (TPSA) is 40.5 Å². The molecule has 11 heavy (non-hydrogen) atoms. The molecule has 2 N–H and O–H groups in total. The van der Waals surface area contributed by atoms with E-state index in [9.17, 15) is 4.39 Å². The Labute approximate surface area is 71.4 Å². The highest BCUT2D eigenvalue weighted by Gasteiger charge is 2.08. The lowest BCUT2D eigenvalue weighted by atomic mass is 10.2.